The van der Waals surface area contributed by atoms with E-state index in [0.29, 0.717) is 41.8 Å². The maximum atomic E-state index is 12.8. The number of aromatic nitrogens is 3. The molecule has 0 radical (unpaired) electrons. The van der Waals surface area contributed by atoms with E-state index >= 15 is 0 Å². The van der Waals surface area contributed by atoms with Gasteiger partial charge in [0.05, 0.1) is 23.9 Å². The van der Waals surface area contributed by atoms with Gasteiger partial charge in [-0.05, 0) is 12.5 Å². The van der Waals surface area contributed by atoms with Crippen LogP contribution in [0.1, 0.15) is 16.8 Å². The van der Waals surface area contributed by atoms with E-state index in [-0.39, 0.29) is 11.5 Å². The van der Waals surface area contributed by atoms with Crippen LogP contribution >= 0.6 is 0 Å². The van der Waals surface area contributed by atoms with Gasteiger partial charge in [-0.1, -0.05) is 18.2 Å². The molecule has 0 aliphatic carbocycles. The zero-order valence-electron chi connectivity index (χ0n) is 14.5. The highest BCUT2D eigenvalue weighted by Crippen LogP contribution is 2.19. The Morgan fingerprint density at radius 1 is 1.30 bits per heavy atom. The summed E-state index contributed by atoms with van der Waals surface area (Å²) in [6, 6.07) is 8.04. The summed E-state index contributed by atoms with van der Waals surface area (Å²) in [7, 11) is 0. The van der Waals surface area contributed by atoms with Crippen molar-refractivity contribution in [1.29, 1.82) is 0 Å². The number of aromatic amines is 1. The molecule has 27 heavy (non-hydrogen) atoms. The van der Waals surface area contributed by atoms with Gasteiger partial charge in [0.15, 0.2) is 0 Å². The zero-order chi connectivity index (χ0) is 18.8. The van der Waals surface area contributed by atoms with E-state index in [2.05, 4.69) is 20.3 Å². The summed E-state index contributed by atoms with van der Waals surface area (Å²) in [6.07, 6.45) is 4.66. The molecule has 0 spiro atoms. The van der Waals surface area contributed by atoms with Crippen LogP contribution in [-0.4, -0.2) is 51.2 Å². The van der Waals surface area contributed by atoms with E-state index in [1.165, 1.54) is 6.07 Å². The smallest absolute Gasteiger partial charge is 0.252 e. The molecule has 138 valence electrons. The highest BCUT2D eigenvalue weighted by molar-refractivity contribution is 6.06. The molecule has 0 unspecified atom stereocenters. The Balaban J connectivity index is 1.50. The summed E-state index contributed by atoms with van der Waals surface area (Å²) in [5.74, 6) is 0.330. The topological polar surface area (TPSA) is 111 Å². The number of pyridine rings is 1. The molecule has 3 aromatic rings. The molecule has 3 heterocycles. The normalized spacial score (nSPS) is 19.8. The van der Waals surface area contributed by atoms with E-state index < -0.39 is 12.1 Å². The summed E-state index contributed by atoms with van der Waals surface area (Å²) in [5.41, 5.74) is 0.572. The number of aliphatic hydroxyl groups excluding tert-OH is 1. The van der Waals surface area contributed by atoms with Crippen molar-refractivity contribution in [2.75, 3.05) is 18.0 Å². The van der Waals surface area contributed by atoms with Gasteiger partial charge in [0, 0.05) is 42.5 Å². The number of benzene rings is 1. The third kappa shape index (κ3) is 3.52. The molecule has 1 amide bonds. The van der Waals surface area contributed by atoms with Crippen molar-refractivity contribution in [2.24, 2.45) is 0 Å². The van der Waals surface area contributed by atoms with Crippen molar-refractivity contribution in [3.63, 3.8) is 0 Å². The summed E-state index contributed by atoms with van der Waals surface area (Å²) in [6.45, 7) is 0.983. The first-order valence-corrected chi connectivity index (χ1v) is 8.74. The van der Waals surface area contributed by atoms with Crippen molar-refractivity contribution < 1.29 is 9.90 Å². The van der Waals surface area contributed by atoms with E-state index in [9.17, 15) is 14.7 Å². The molecule has 0 bridgehead atoms. The van der Waals surface area contributed by atoms with Gasteiger partial charge in [0.1, 0.15) is 5.82 Å². The fourth-order valence-corrected chi connectivity index (χ4v) is 3.40. The number of rotatable bonds is 3. The van der Waals surface area contributed by atoms with Gasteiger partial charge in [-0.3, -0.25) is 14.6 Å². The largest absolute Gasteiger partial charge is 0.389 e. The maximum Gasteiger partial charge on any atom is 0.252 e. The number of carbonyl (C=O) groups is 1. The third-order valence-electron chi connectivity index (χ3n) is 4.77. The minimum atomic E-state index is -0.752. The molecular weight excluding hydrogens is 346 g/mol. The highest BCUT2D eigenvalue weighted by Gasteiger charge is 2.30. The molecule has 1 aliphatic heterocycles. The average Bonchev–Trinajstić information content (AvgIpc) is 2.69. The average molecular weight is 365 g/mol. The number of β-amino-alcohol motifs (C(OH)–C–C–N with tert-alkyl or cyclic N) is 1. The summed E-state index contributed by atoms with van der Waals surface area (Å²) in [5, 5.41) is 14.0. The molecule has 1 saturated heterocycles. The number of fused-ring (bicyclic) bond motifs is 1. The summed E-state index contributed by atoms with van der Waals surface area (Å²) >= 11 is 0. The Kier molecular flexibility index (Phi) is 4.55. The molecular formula is C19H19N5O3. The first-order chi connectivity index (χ1) is 13.1. The van der Waals surface area contributed by atoms with Crippen molar-refractivity contribution >= 4 is 22.6 Å². The lowest BCUT2D eigenvalue weighted by molar-refractivity contribution is 0.0799. The van der Waals surface area contributed by atoms with Crippen LogP contribution in [0.25, 0.3) is 10.9 Å². The summed E-state index contributed by atoms with van der Waals surface area (Å²) in [4.78, 5) is 37.6. The van der Waals surface area contributed by atoms with E-state index in [4.69, 9.17) is 0 Å². The Labute approximate surface area is 154 Å². The van der Waals surface area contributed by atoms with Gasteiger partial charge in [-0.25, -0.2) is 4.98 Å². The Morgan fingerprint density at radius 2 is 2.15 bits per heavy atom. The SMILES string of the molecule is O=C(N[C@@H]1CCN(c2cnccn2)C[C@H]1O)c1cc(=O)[nH]c2ccccc12. The number of para-hydroxylation sites is 1. The minimum Gasteiger partial charge on any atom is -0.389 e. The number of amides is 1. The highest BCUT2D eigenvalue weighted by atomic mass is 16.3. The number of H-pyrrole nitrogens is 1. The lowest BCUT2D eigenvalue weighted by Crippen LogP contribution is -2.54. The number of hydrogen-bond donors (Lipinski definition) is 3. The molecule has 1 aliphatic rings. The molecule has 1 aromatic carbocycles. The number of nitrogens with one attached hydrogen (secondary N) is 2. The third-order valence-corrected chi connectivity index (χ3v) is 4.77. The molecule has 2 atom stereocenters. The van der Waals surface area contributed by atoms with Gasteiger partial charge >= 0.3 is 0 Å². The Morgan fingerprint density at radius 3 is 2.93 bits per heavy atom. The van der Waals surface area contributed by atoms with E-state index in [0.717, 1.165) is 0 Å². The standard InChI is InChI=1S/C19H19N5O3/c25-16-11-24(17-10-20-6-7-21-17)8-5-15(16)23-19(27)13-9-18(26)22-14-4-2-1-3-12(13)14/h1-4,6-7,9-10,15-16,25H,5,8,11H2,(H,22,26)(H,23,27)/t15-,16-/m1/s1. The van der Waals surface area contributed by atoms with Crippen LogP contribution in [0, 0.1) is 0 Å². The molecule has 1 fully saturated rings. The first kappa shape index (κ1) is 17.2. The van der Waals surface area contributed by atoms with Crippen LogP contribution in [0.4, 0.5) is 5.82 Å². The van der Waals surface area contributed by atoms with Crippen LogP contribution in [0.3, 0.4) is 0 Å². The quantitative estimate of drug-likeness (QED) is 0.630. The number of nitrogens with zero attached hydrogens (tertiary/aromatic N) is 3. The lowest BCUT2D eigenvalue weighted by atomic mass is 10.0. The fourth-order valence-electron chi connectivity index (χ4n) is 3.40. The van der Waals surface area contributed by atoms with Gasteiger partial charge in [0.25, 0.3) is 5.91 Å². The molecule has 8 nitrogen and oxygen atoms in total. The fraction of sp³-hybridized carbons (Fsp3) is 0.263. The maximum absolute atomic E-state index is 12.8. The predicted octanol–water partition coefficient (Wildman–Crippen LogP) is 0.688. The number of aliphatic hydroxyl groups is 1. The summed E-state index contributed by atoms with van der Waals surface area (Å²) < 4.78 is 0. The van der Waals surface area contributed by atoms with Gasteiger partial charge in [-0.2, -0.15) is 0 Å². The molecule has 4 rings (SSSR count). The molecule has 3 N–H and O–H groups in total. The number of piperidine rings is 1. The second-order valence-electron chi connectivity index (χ2n) is 6.54. The van der Waals surface area contributed by atoms with Gasteiger partial charge in [0.2, 0.25) is 5.56 Å². The Hall–Kier alpha value is -3.26. The van der Waals surface area contributed by atoms with Crippen molar-refractivity contribution in [3.8, 4) is 0 Å². The number of anilines is 1. The Bertz CT molecular complexity index is 1020. The second-order valence-corrected chi connectivity index (χ2v) is 6.54. The van der Waals surface area contributed by atoms with Crippen LogP contribution in [0.15, 0.2) is 53.7 Å². The zero-order valence-corrected chi connectivity index (χ0v) is 14.5. The van der Waals surface area contributed by atoms with Crippen LogP contribution in [-0.2, 0) is 0 Å². The molecule has 8 heteroatoms. The van der Waals surface area contributed by atoms with Crippen LogP contribution in [0.5, 0.6) is 0 Å². The molecule has 0 saturated carbocycles. The van der Waals surface area contributed by atoms with Crippen LogP contribution < -0.4 is 15.8 Å². The van der Waals surface area contributed by atoms with Crippen LogP contribution in [0.2, 0.25) is 0 Å². The lowest BCUT2D eigenvalue weighted by Gasteiger charge is -2.36. The first-order valence-electron chi connectivity index (χ1n) is 8.74. The van der Waals surface area contributed by atoms with Crippen molar-refractivity contribution in [3.05, 3.63) is 64.8 Å². The number of carbonyl (C=O) groups excluding carboxylic acids is 1. The van der Waals surface area contributed by atoms with Crippen molar-refractivity contribution in [2.45, 2.75) is 18.6 Å². The minimum absolute atomic E-state index is 0.304. The van der Waals surface area contributed by atoms with E-state index in [1.807, 2.05) is 11.0 Å². The predicted molar refractivity (Wildman–Crippen MR) is 101 cm³/mol. The molecule has 2 aromatic heterocycles. The van der Waals surface area contributed by atoms with E-state index in [1.54, 1.807) is 36.8 Å². The van der Waals surface area contributed by atoms with Gasteiger partial charge in [-0.15, -0.1) is 0 Å². The van der Waals surface area contributed by atoms with Crippen molar-refractivity contribution in [1.82, 2.24) is 20.3 Å². The second kappa shape index (κ2) is 7.16. The monoisotopic (exact) mass is 365 g/mol. The van der Waals surface area contributed by atoms with Gasteiger partial charge < -0.3 is 20.3 Å². The number of hydrogen-bond acceptors (Lipinski definition) is 6.